The van der Waals surface area contributed by atoms with Crippen molar-refractivity contribution in [3.8, 4) is 0 Å². The molecular weight excluding hydrogens is 247 g/mol. The van der Waals surface area contributed by atoms with Crippen molar-refractivity contribution in [2.24, 2.45) is 0 Å². The molecule has 0 heterocycles. The van der Waals surface area contributed by atoms with Crippen LogP contribution in [0.5, 0.6) is 0 Å². The summed E-state index contributed by atoms with van der Waals surface area (Å²) in [5.41, 5.74) is 0. The minimum absolute atomic E-state index is 0.391. The SMILES string of the molecule is CCC(CCl)SOSC(CC)CCl. The first-order chi connectivity index (χ1) is 6.28. The van der Waals surface area contributed by atoms with Crippen LogP contribution in [0.1, 0.15) is 26.7 Å². The molecule has 0 saturated heterocycles. The van der Waals surface area contributed by atoms with Crippen molar-refractivity contribution in [1.29, 1.82) is 0 Å². The fourth-order valence-corrected chi connectivity index (χ4v) is 2.73. The summed E-state index contributed by atoms with van der Waals surface area (Å²) in [4.78, 5) is 0. The molecule has 13 heavy (non-hydrogen) atoms. The van der Waals surface area contributed by atoms with E-state index in [2.05, 4.69) is 13.8 Å². The lowest BCUT2D eigenvalue weighted by atomic mass is 10.4. The molecule has 80 valence electrons. The molecule has 0 spiro atoms. The number of halogens is 2. The highest BCUT2D eigenvalue weighted by Crippen LogP contribution is 2.27. The lowest BCUT2D eigenvalue weighted by Gasteiger charge is -2.12. The van der Waals surface area contributed by atoms with Gasteiger partial charge in [0, 0.05) is 46.3 Å². The summed E-state index contributed by atoms with van der Waals surface area (Å²) in [6.07, 6.45) is 2.07. The molecule has 0 saturated carbocycles. The molecule has 0 amide bonds. The number of alkyl halides is 2. The van der Waals surface area contributed by atoms with Crippen LogP contribution in [0.4, 0.5) is 0 Å². The van der Waals surface area contributed by atoms with Crippen molar-refractivity contribution < 1.29 is 3.63 Å². The molecule has 0 N–H and O–H groups in total. The van der Waals surface area contributed by atoms with Crippen molar-refractivity contribution >= 4 is 47.3 Å². The van der Waals surface area contributed by atoms with E-state index in [-0.39, 0.29) is 0 Å². The molecule has 1 nitrogen and oxygen atoms in total. The van der Waals surface area contributed by atoms with E-state index in [1.54, 1.807) is 0 Å². The normalized spacial score (nSPS) is 15.7. The van der Waals surface area contributed by atoms with Gasteiger partial charge in [0.1, 0.15) is 0 Å². The largest absolute Gasteiger partial charge is 0.247 e. The van der Waals surface area contributed by atoms with Crippen molar-refractivity contribution in [3.63, 3.8) is 0 Å². The van der Waals surface area contributed by atoms with E-state index in [1.807, 2.05) is 0 Å². The average molecular weight is 263 g/mol. The van der Waals surface area contributed by atoms with Crippen molar-refractivity contribution in [2.45, 2.75) is 37.2 Å². The molecule has 0 bridgehead atoms. The van der Waals surface area contributed by atoms with Crippen molar-refractivity contribution in [2.75, 3.05) is 11.8 Å². The van der Waals surface area contributed by atoms with Gasteiger partial charge in [-0.15, -0.1) is 23.2 Å². The Morgan fingerprint density at radius 2 is 1.38 bits per heavy atom. The molecule has 0 aliphatic rings. The van der Waals surface area contributed by atoms with Crippen molar-refractivity contribution in [3.05, 3.63) is 0 Å². The Labute approximate surface area is 99.7 Å². The number of hydrogen-bond donors (Lipinski definition) is 0. The Hall–Kier alpha value is 1.24. The van der Waals surface area contributed by atoms with E-state index < -0.39 is 0 Å². The lowest BCUT2D eigenvalue weighted by molar-refractivity contribution is 0.713. The number of rotatable bonds is 8. The third-order valence-corrected chi connectivity index (χ3v) is 4.89. The molecule has 2 atom stereocenters. The summed E-state index contributed by atoms with van der Waals surface area (Å²) < 4.78 is 5.39. The van der Waals surface area contributed by atoms with E-state index in [9.17, 15) is 0 Å². The molecule has 2 unspecified atom stereocenters. The van der Waals surface area contributed by atoms with Gasteiger partial charge in [-0.05, 0) is 12.8 Å². The van der Waals surface area contributed by atoms with E-state index in [0.717, 1.165) is 12.8 Å². The van der Waals surface area contributed by atoms with Gasteiger partial charge in [-0.25, -0.2) is 3.63 Å². The predicted molar refractivity (Wildman–Crippen MR) is 65.9 cm³/mol. The topological polar surface area (TPSA) is 9.23 Å². The monoisotopic (exact) mass is 262 g/mol. The van der Waals surface area contributed by atoms with Gasteiger partial charge in [-0.1, -0.05) is 13.8 Å². The highest BCUT2D eigenvalue weighted by Gasteiger charge is 2.10. The summed E-state index contributed by atoms with van der Waals surface area (Å²) >= 11 is 14.3. The van der Waals surface area contributed by atoms with Crippen molar-refractivity contribution in [1.82, 2.24) is 0 Å². The van der Waals surface area contributed by atoms with Crippen LogP contribution in [-0.2, 0) is 3.63 Å². The third-order valence-electron chi connectivity index (χ3n) is 1.61. The van der Waals surface area contributed by atoms with Crippen LogP contribution in [0.2, 0.25) is 0 Å². The van der Waals surface area contributed by atoms with Crippen LogP contribution in [0.15, 0.2) is 0 Å². The molecule has 0 aromatic rings. The quantitative estimate of drug-likeness (QED) is 0.476. The van der Waals surface area contributed by atoms with Gasteiger partial charge in [-0.3, -0.25) is 0 Å². The summed E-state index contributed by atoms with van der Waals surface area (Å²) in [5.74, 6) is 1.28. The van der Waals surface area contributed by atoms with Crippen LogP contribution in [0, 0.1) is 0 Å². The zero-order chi connectivity index (χ0) is 10.1. The van der Waals surface area contributed by atoms with Gasteiger partial charge in [0.25, 0.3) is 0 Å². The first-order valence-corrected chi connectivity index (χ1v) is 7.06. The van der Waals surface area contributed by atoms with Gasteiger partial charge in [-0.2, -0.15) is 0 Å². The Balaban J connectivity index is 3.41. The van der Waals surface area contributed by atoms with E-state index in [0.29, 0.717) is 22.3 Å². The number of hydrogen-bond acceptors (Lipinski definition) is 3. The molecule has 0 aromatic carbocycles. The Morgan fingerprint density at radius 3 is 1.62 bits per heavy atom. The van der Waals surface area contributed by atoms with Gasteiger partial charge < -0.3 is 0 Å². The highest BCUT2D eigenvalue weighted by atomic mass is 35.5. The minimum atomic E-state index is 0.391. The fraction of sp³-hybridized carbons (Fsp3) is 1.00. The summed E-state index contributed by atoms with van der Waals surface area (Å²) in [7, 11) is 0. The van der Waals surface area contributed by atoms with Crippen LogP contribution >= 0.6 is 47.3 Å². The molecule has 0 rings (SSSR count). The van der Waals surface area contributed by atoms with Gasteiger partial charge >= 0.3 is 0 Å². The Bertz CT molecular complexity index is 96.3. The van der Waals surface area contributed by atoms with Gasteiger partial charge in [0.2, 0.25) is 0 Å². The Morgan fingerprint density at radius 1 is 1.00 bits per heavy atom. The van der Waals surface area contributed by atoms with Crippen LogP contribution in [0.3, 0.4) is 0 Å². The molecule has 0 aliphatic carbocycles. The molecule has 0 fully saturated rings. The summed E-state index contributed by atoms with van der Waals surface area (Å²) in [6.45, 7) is 4.21. The zero-order valence-electron chi connectivity index (χ0n) is 7.96. The third kappa shape index (κ3) is 7.20. The minimum Gasteiger partial charge on any atom is -0.247 e. The van der Waals surface area contributed by atoms with Gasteiger partial charge in [0.05, 0.1) is 0 Å². The lowest BCUT2D eigenvalue weighted by Crippen LogP contribution is -2.05. The van der Waals surface area contributed by atoms with Gasteiger partial charge in [0.15, 0.2) is 0 Å². The van der Waals surface area contributed by atoms with Crippen LogP contribution in [-0.4, -0.2) is 22.3 Å². The summed E-state index contributed by atoms with van der Waals surface area (Å²) in [6, 6.07) is 0. The second-order valence-corrected chi connectivity index (χ2v) is 5.51. The molecular formula is C8H16Cl2OS2. The maximum atomic E-state index is 5.71. The van der Waals surface area contributed by atoms with Crippen LogP contribution in [0.25, 0.3) is 0 Å². The zero-order valence-corrected chi connectivity index (χ0v) is 11.1. The standard InChI is InChI=1S/C8H16Cl2OS2/c1-3-7(5-9)12-11-13-8(4-2)6-10/h7-8H,3-6H2,1-2H3. The molecule has 5 heteroatoms. The van der Waals surface area contributed by atoms with E-state index in [4.69, 9.17) is 26.8 Å². The first kappa shape index (κ1) is 14.2. The summed E-state index contributed by atoms with van der Waals surface area (Å²) in [5, 5.41) is 0.781. The maximum Gasteiger partial charge on any atom is 0.0456 e. The fourth-order valence-electron chi connectivity index (χ4n) is 0.540. The average Bonchev–Trinajstić information content (AvgIpc) is 2.19. The first-order valence-electron chi connectivity index (χ1n) is 4.39. The molecule has 0 aliphatic heterocycles. The van der Waals surface area contributed by atoms with E-state index >= 15 is 0 Å². The second kappa shape index (κ2) is 9.78. The molecule has 0 radical (unpaired) electrons. The van der Waals surface area contributed by atoms with Crippen LogP contribution < -0.4 is 0 Å². The Kier molecular flexibility index (Phi) is 10.7. The maximum absolute atomic E-state index is 5.71. The van der Waals surface area contributed by atoms with E-state index in [1.165, 1.54) is 24.1 Å². The smallest absolute Gasteiger partial charge is 0.0456 e. The predicted octanol–water partition coefficient (Wildman–Crippen LogP) is 4.33. The highest BCUT2D eigenvalue weighted by molar-refractivity contribution is 8.08. The molecule has 0 aromatic heterocycles. The second-order valence-electron chi connectivity index (χ2n) is 2.63.